The van der Waals surface area contributed by atoms with Crippen LogP contribution in [0.3, 0.4) is 0 Å². The van der Waals surface area contributed by atoms with Crippen molar-refractivity contribution in [3.63, 3.8) is 0 Å². The average molecular weight is 355 g/mol. The summed E-state index contributed by atoms with van der Waals surface area (Å²) in [6, 6.07) is 11.9. The number of piperidine rings is 1. The lowest BCUT2D eigenvalue weighted by molar-refractivity contribution is -0.931. The molecule has 0 aromatic heterocycles. The summed E-state index contributed by atoms with van der Waals surface area (Å²) in [6.45, 7) is 0. The number of allylic oxidation sites excluding steroid dienone is 1. The van der Waals surface area contributed by atoms with E-state index in [1.165, 1.54) is 42.4 Å². The zero-order valence-electron chi connectivity index (χ0n) is 16.2. The predicted molar refractivity (Wildman–Crippen MR) is 104 cm³/mol. The molecule has 2 aliphatic heterocycles. The predicted octanol–water partition coefficient (Wildman–Crippen LogP) is 4.72. The molecule has 2 unspecified atom stereocenters. The van der Waals surface area contributed by atoms with Crippen molar-refractivity contribution in [3.8, 4) is 0 Å². The Bertz CT molecular complexity index is 675. The lowest BCUT2D eigenvalue weighted by atomic mass is 9.86. The molecule has 26 heavy (non-hydrogen) atoms. The Labute approximate surface area is 157 Å². The molecular weight excluding hydrogens is 322 g/mol. The maximum absolute atomic E-state index is 12.7. The van der Waals surface area contributed by atoms with E-state index >= 15 is 0 Å². The fourth-order valence-corrected chi connectivity index (χ4v) is 5.48. The van der Waals surface area contributed by atoms with Gasteiger partial charge < -0.3 is 9.22 Å². The normalized spacial score (nSPS) is 30.3. The van der Waals surface area contributed by atoms with Gasteiger partial charge in [-0.05, 0) is 36.8 Å². The standard InChI is InChI=1S/C23H32NO2/c1-24(2)19-12-13-20(24)16-21(15-19)26-23(25)14-18-10-6-7-11-22(18)17-8-4-3-5-9-17/h3-5,8-9,19-21H,6-7,10-16H2,1-2H3/q+1. The summed E-state index contributed by atoms with van der Waals surface area (Å²) in [4.78, 5) is 12.7. The first-order valence-electron chi connectivity index (χ1n) is 10.3. The van der Waals surface area contributed by atoms with Gasteiger partial charge in [-0.3, -0.25) is 4.79 Å². The zero-order chi connectivity index (χ0) is 18.1. The van der Waals surface area contributed by atoms with Crippen LogP contribution in [0, 0.1) is 0 Å². The molecule has 2 heterocycles. The topological polar surface area (TPSA) is 26.3 Å². The van der Waals surface area contributed by atoms with Crippen LogP contribution in [0.5, 0.6) is 0 Å². The monoisotopic (exact) mass is 354 g/mol. The number of carbonyl (C=O) groups is 1. The van der Waals surface area contributed by atoms with Crippen molar-refractivity contribution in [2.75, 3.05) is 14.1 Å². The van der Waals surface area contributed by atoms with Gasteiger partial charge in [0.15, 0.2) is 0 Å². The summed E-state index contributed by atoms with van der Waals surface area (Å²) in [5.74, 6) is -0.00747. The Hall–Kier alpha value is -1.61. The highest BCUT2D eigenvalue weighted by molar-refractivity contribution is 5.79. The van der Waals surface area contributed by atoms with Gasteiger partial charge >= 0.3 is 5.97 Å². The minimum absolute atomic E-state index is 0.00747. The zero-order valence-corrected chi connectivity index (χ0v) is 16.2. The lowest BCUT2D eigenvalue weighted by Gasteiger charge is -2.43. The first-order chi connectivity index (χ1) is 12.5. The summed E-state index contributed by atoms with van der Waals surface area (Å²) in [6.07, 6.45) is 9.82. The van der Waals surface area contributed by atoms with Gasteiger partial charge in [-0.2, -0.15) is 0 Å². The molecular formula is C23H32NO2+. The van der Waals surface area contributed by atoms with Gasteiger partial charge in [-0.15, -0.1) is 0 Å². The molecule has 1 aromatic rings. The first-order valence-corrected chi connectivity index (χ1v) is 10.3. The van der Waals surface area contributed by atoms with Crippen molar-refractivity contribution in [2.45, 2.75) is 76.0 Å². The Kier molecular flexibility index (Phi) is 4.92. The molecule has 0 radical (unpaired) electrons. The third kappa shape index (κ3) is 3.46. The third-order valence-corrected chi connectivity index (χ3v) is 7.15. The van der Waals surface area contributed by atoms with E-state index in [1.807, 2.05) is 0 Å². The summed E-state index contributed by atoms with van der Waals surface area (Å²) in [5.41, 5.74) is 3.97. The highest BCUT2D eigenvalue weighted by Gasteiger charge is 2.49. The second-order valence-corrected chi connectivity index (χ2v) is 8.93. The Morgan fingerprint density at radius 2 is 1.69 bits per heavy atom. The number of quaternary nitrogens is 1. The van der Waals surface area contributed by atoms with Crippen LogP contribution in [0.25, 0.3) is 5.57 Å². The maximum Gasteiger partial charge on any atom is 0.310 e. The minimum atomic E-state index is -0.00747. The number of hydrogen-bond acceptors (Lipinski definition) is 2. The first kappa shape index (κ1) is 17.8. The quantitative estimate of drug-likeness (QED) is 0.578. The Morgan fingerprint density at radius 1 is 1.04 bits per heavy atom. The summed E-state index contributed by atoms with van der Waals surface area (Å²) < 4.78 is 7.09. The highest BCUT2D eigenvalue weighted by Crippen LogP contribution is 2.41. The fraction of sp³-hybridized carbons (Fsp3) is 0.609. The summed E-state index contributed by atoms with van der Waals surface area (Å²) in [7, 11) is 4.69. The molecule has 3 aliphatic rings. The van der Waals surface area contributed by atoms with E-state index in [9.17, 15) is 4.79 Å². The van der Waals surface area contributed by atoms with E-state index in [1.54, 1.807) is 0 Å². The lowest BCUT2D eigenvalue weighted by Crippen LogP contribution is -2.56. The van der Waals surface area contributed by atoms with Gasteiger partial charge in [0.1, 0.15) is 6.10 Å². The molecule has 2 atom stereocenters. The number of benzene rings is 1. The molecule has 3 nitrogen and oxygen atoms in total. The van der Waals surface area contributed by atoms with Gasteiger partial charge in [0.25, 0.3) is 0 Å². The summed E-state index contributed by atoms with van der Waals surface area (Å²) in [5, 5.41) is 0. The van der Waals surface area contributed by atoms with Crippen LogP contribution in [0.15, 0.2) is 35.9 Å². The van der Waals surface area contributed by atoms with Gasteiger partial charge in [-0.1, -0.05) is 35.9 Å². The molecule has 1 aromatic carbocycles. The fourth-order valence-electron chi connectivity index (χ4n) is 5.48. The average Bonchev–Trinajstić information content (AvgIpc) is 2.80. The van der Waals surface area contributed by atoms with Gasteiger partial charge in [0.05, 0.1) is 32.6 Å². The summed E-state index contributed by atoms with van der Waals surface area (Å²) >= 11 is 0. The van der Waals surface area contributed by atoms with E-state index in [-0.39, 0.29) is 12.1 Å². The van der Waals surface area contributed by atoms with Gasteiger partial charge in [0.2, 0.25) is 0 Å². The molecule has 140 valence electrons. The van der Waals surface area contributed by atoms with Crippen LogP contribution in [0.2, 0.25) is 0 Å². The molecule has 3 heteroatoms. The van der Waals surface area contributed by atoms with E-state index in [2.05, 4.69) is 44.4 Å². The molecule has 2 bridgehead atoms. The van der Waals surface area contributed by atoms with Crippen molar-refractivity contribution in [1.29, 1.82) is 0 Å². The van der Waals surface area contributed by atoms with Crippen LogP contribution < -0.4 is 0 Å². The van der Waals surface area contributed by atoms with Crippen LogP contribution >= 0.6 is 0 Å². The maximum atomic E-state index is 12.7. The molecule has 4 rings (SSSR count). The molecule has 2 fully saturated rings. The van der Waals surface area contributed by atoms with Crippen molar-refractivity contribution in [2.24, 2.45) is 0 Å². The SMILES string of the molecule is C[N+]1(C)C2CCC1CC(OC(=O)CC1=C(c3ccccc3)CCCC1)C2. The second kappa shape index (κ2) is 7.19. The number of hydrogen-bond donors (Lipinski definition) is 0. The minimum Gasteiger partial charge on any atom is -0.462 e. The molecule has 0 spiro atoms. The molecule has 0 saturated carbocycles. The number of esters is 1. The molecule has 0 amide bonds. The third-order valence-electron chi connectivity index (χ3n) is 7.15. The molecule has 2 saturated heterocycles. The van der Waals surface area contributed by atoms with E-state index in [0.717, 1.165) is 30.2 Å². The van der Waals surface area contributed by atoms with Crippen molar-refractivity contribution < 1.29 is 14.0 Å². The van der Waals surface area contributed by atoms with Crippen molar-refractivity contribution in [1.82, 2.24) is 0 Å². The second-order valence-electron chi connectivity index (χ2n) is 8.93. The van der Waals surface area contributed by atoms with Crippen molar-refractivity contribution >= 4 is 11.5 Å². The van der Waals surface area contributed by atoms with Gasteiger partial charge in [0, 0.05) is 25.7 Å². The number of fused-ring (bicyclic) bond motifs is 2. The van der Waals surface area contributed by atoms with Crippen LogP contribution in [-0.2, 0) is 9.53 Å². The Morgan fingerprint density at radius 3 is 2.38 bits per heavy atom. The van der Waals surface area contributed by atoms with Crippen LogP contribution in [0.4, 0.5) is 0 Å². The van der Waals surface area contributed by atoms with E-state index < -0.39 is 0 Å². The molecule has 0 N–H and O–H groups in total. The number of ether oxygens (including phenoxy) is 1. The van der Waals surface area contributed by atoms with Crippen LogP contribution in [-0.4, -0.2) is 42.7 Å². The number of carbonyl (C=O) groups excluding carboxylic acids is 1. The van der Waals surface area contributed by atoms with Crippen molar-refractivity contribution in [3.05, 3.63) is 41.5 Å². The smallest absolute Gasteiger partial charge is 0.310 e. The van der Waals surface area contributed by atoms with Gasteiger partial charge in [-0.25, -0.2) is 0 Å². The van der Waals surface area contributed by atoms with Crippen LogP contribution in [0.1, 0.15) is 63.4 Å². The van der Waals surface area contributed by atoms with E-state index in [4.69, 9.17) is 4.74 Å². The highest BCUT2D eigenvalue weighted by atomic mass is 16.5. The Balaban J connectivity index is 1.42. The molecule has 1 aliphatic carbocycles. The number of rotatable bonds is 4. The van der Waals surface area contributed by atoms with E-state index in [0.29, 0.717) is 18.5 Å². The number of nitrogens with zero attached hydrogens (tertiary/aromatic N) is 1. The largest absolute Gasteiger partial charge is 0.462 e.